The lowest BCUT2D eigenvalue weighted by Crippen LogP contribution is -2.44. The molecule has 10 rings (SSSR count). The van der Waals surface area contributed by atoms with Crippen LogP contribution in [0.5, 0.6) is 11.5 Å². The number of rotatable bonds is 2. The normalized spacial score (nSPS) is 36.6. The molecule has 0 heterocycles. The molecule has 8 saturated carbocycles. The molecule has 0 aliphatic heterocycles. The van der Waals surface area contributed by atoms with Crippen LogP contribution < -0.4 is 11.5 Å². The number of hydrogen-bond donors (Lipinski definition) is 4. The van der Waals surface area contributed by atoms with E-state index in [1.165, 1.54) is 64.2 Å². The highest BCUT2D eigenvalue weighted by Gasteiger charge is 2.48. The van der Waals surface area contributed by atoms with Gasteiger partial charge in [-0.3, -0.25) is 0 Å². The Kier molecular flexibility index (Phi) is 6.28. The fourth-order valence-corrected chi connectivity index (χ4v) is 11.3. The summed E-state index contributed by atoms with van der Waals surface area (Å²) in [5, 5.41) is 21.4. The quantitative estimate of drug-likeness (QED) is 0.170. The number of nitrogens with two attached hydrogens (primary N) is 2. The third-order valence-electron chi connectivity index (χ3n) is 13.0. The van der Waals surface area contributed by atoms with Gasteiger partial charge in [-0.15, -0.1) is 0 Å². The molecule has 4 nitrogen and oxygen atoms in total. The zero-order chi connectivity index (χ0) is 29.6. The summed E-state index contributed by atoms with van der Waals surface area (Å²) in [5.74, 6) is 21.9. The number of aromatic hydroxyl groups is 2. The standard InChI is InChI=1S/C39H46N2O2/c1-39(2,33-7-9-35(42)37(40)31(33)5-3-29-25-13-21-11-22(15-25)16-26(29)14-21)34-8-10-36(43)38(41)32(34)6-4-30-27-17-23-12-24(19-27)20-28(30)18-23/h7-10,21-30,42-43H,11-20,40-41H2,1-2H3. The molecule has 0 radical (unpaired) electrons. The number of hydrogen-bond acceptors (Lipinski definition) is 4. The Balaban J connectivity index is 1.17. The summed E-state index contributed by atoms with van der Waals surface area (Å²) < 4.78 is 0. The van der Waals surface area contributed by atoms with Gasteiger partial charge in [0.1, 0.15) is 11.5 Å². The molecule has 0 unspecified atom stereocenters. The number of phenolic OH excluding ortho intramolecular Hbond substituents is 2. The third-order valence-corrected chi connectivity index (χ3v) is 13.0. The van der Waals surface area contributed by atoms with Crippen molar-refractivity contribution in [3.8, 4) is 35.2 Å². The first kappa shape index (κ1) is 27.3. The monoisotopic (exact) mass is 574 g/mol. The van der Waals surface area contributed by atoms with Crippen LogP contribution in [0.3, 0.4) is 0 Å². The number of phenols is 2. The van der Waals surface area contributed by atoms with Crippen LogP contribution in [0, 0.1) is 82.9 Å². The Bertz CT molecular complexity index is 1420. The fraction of sp³-hybridized carbons (Fsp3) is 0.590. The Morgan fingerprint density at radius 3 is 1.21 bits per heavy atom. The largest absolute Gasteiger partial charge is 0.506 e. The van der Waals surface area contributed by atoms with Crippen molar-refractivity contribution in [2.75, 3.05) is 11.5 Å². The first-order chi connectivity index (χ1) is 20.7. The molecule has 43 heavy (non-hydrogen) atoms. The van der Waals surface area contributed by atoms with E-state index in [1.54, 1.807) is 12.1 Å². The summed E-state index contributed by atoms with van der Waals surface area (Å²) in [4.78, 5) is 0. The van der Waals surface area contributed by atoms with E-state index in [0.717, 1.165) is 34.8 Å². The van der Waals surface area contributed by atoms with E-state index in [0.29, 0.717) is 58.0 Å². The smallest absolute Gasteiger partial charge is 0.139 e. The number of anilines is 2. The van der Waals surface area contributed by atoms with Crippen LogP contribution in [0.25, 0.3) is 0 Å². The first-order valence-electron chi connectivity index (χ1n) is 16.9. The molecular formula is C39H46N2O2. The van der Waals surface area contributed by atoms with Crippen molar-refractivity contribution in [3.05, 3.63) is 46.5 Å². The van der Waals surface area contributed by atoms with Gasteiger partial charge < -0.3 is 21.7 Å². The lowest BCUT2D eigenvalue weighted by molar-refractivity contribution is -0.0123. The molecule has 0 saturated heterocycles. The van der Waals surface area contributed by atoms with Crippen LogP contribution in [0.4, 0.5) is 11.4 Å². The molecule has 0 spiro atoms. The molecule has 8 bridgehead atoms. The second kappa shape index (κ2) is 9.89. The van der Waals surface area contributed by atoms with Crippen molar-refractivity contribution in [1.29, 1.82) is 0 Å². The molecule has 8 fully saturated rings. The van der Waals surface area contributed by atoms with Gasteiger partial charge in [0.15, 0.2) is 0 Å². The predicted octanol–water partition coefficient (Wildman–Crippen LogP) is 7.44. The highest BCUT2D eigenvalue weighted by Crippen LogP contribution is 2.57. The minimum atomic E-state index is -0.564. The van der Waals surface area contributed by atoms with Crippen LogP contribution in [0.2, 0.25) is 0 Å². The van der Waals surface area contributed by atoms with Crippen LogP contribution in [0.15, 0.2) is 24.3 Å². The molecule has 2 aromatic rings. The van der Waals surface area contributed by atoms with Gasteiger partial charge in [-0.2, -0.15) is 0 Å². The van der Waals surface area contributed by atoms with E-state index in [-0.39, 0.29) is 11.5 Å². The van der Waals surface area contributed by atoms with Gasteiger partial charge in [0.25, 0.3) is 0 Å². The highest BCUT2D eigenvalue weighted by molar-refractivity contribution is 5.73. The Labute approximate surface area is 257 Å². The van der Waals surface area contributed by atoms with Gasteiger partial charge in [0.2, 0.25) is 0 Å². The lowest BCUT2D eigenvalue weighted by Gasteiger charge is -2.53. The van der Waals surface area contributed by atoms with E-state index in [9.17, 15) is 10.2 Å². The Morgan fingerprint density at radius 1 is 0.558 bits per heavy atom. The van der Waals surface area contributed by atoms with Crippen molar-refractivity contribution in [1.82, 2.24) is 0 Å². The average molecular weight is 575 g/mol. The fourth-order valence-electron chi connectivity index (χ4n) is 11.3. The van der Waals surface area contributed by atoms with Gasteiger partial charge in [0.05, 0.1) is 22.5 Å². The maximum atomic E-state index is 10.7. The van der Waals surface area contributed by atoms with Crippen LogP contribution >= 0.6 is 0 Å². The van der Waals surface area contributed by atoms with Gasteiger partial charge in [-0.1, -0.05) is 49.7 Å². The molecule has 6 N–H and O–H groups in total. The Morgan fingerprint density at radius 2 is 0.884 bits per heavy atom. The lowest BCUT2D eigenvalue weighted by atomic mass is 9.52. The van der Waals surface area contributed by atoms with E-state index in [4.69, 9.17) is 11.5 Å². The maximum absolute atomic E-state index is 10.7. The third kappa shape index (κ3) is 4.43. The molecule has 0 aromatic heterocycles. The molecule has 8 aliphatic carbocycles. The maximum Gasteiger partial charge on any atom is 0.139 e. The van der Waals surface area contributed by atoms with Gasteiger partial charge in [0, 0.05) is 17.3 Å². The summed E-state index contributed by atoms with van der Waals surface area (Å²) in [6.45, 7) is 4.32. The summed E-state index contributed by atoms with van der Waals surface area (Å²) in [7, 11) is 0. The van der Waals surface area contributed by atoms with Crippen LogP contribution in [-0.2, 0) is 5.41 Å². The van der Waals surface area contributed by atoms with Crippen LogP contribution in [-0.4, -0.2) is 10.2 Å². The topological polar surface area (TPSA) is 92.5 Å². The molecule has 2 aromatic carbocycles. The summed E-state index contributed by atoms with van der Waals surface area (Å²) in [6.07, 6.45) is 13.4. The van der Waals surface area contributed by atoms with Crippen LogP contribution in [0.1, 0.15) is 100 Å². The second-order valence-electron chi connectivity index (χ2n) is 15.9. The minimum Gasteiger partial charge on any atom is -0.506 e. The highest BCUT2D eigenvalue weighted by atomic mass is 16.3. The molecule has 224 valence electrons. The van der Waals surface area contributed by atoms with Crippen molar-refractivity contribution >= 4 is 11.4 Å². The molecule has 8 aliphatic rings. The average Bonchev–Trinajstić information content (AvgIpc) is 2.95. The van der Waals surface area contributed by atoms with Gasteiger partial charge >= 0.3 is 0 Å². The number of nitrogen functional groups attached to an aromatic ring is 2. The first-order valence-corrected chi connectivity index (χ1v) is 16.9. The van der Waals surface area contributed by atoms with Crippen molar-refractivity contribution in [3.63, 3.8) is 0 Å². The van der Waals surface area contributed by atoms with Gasteiger partial charge in [-0.05, 0) is 135 Å². The van der Waals surface area contributed by atoms with Crippen molar-refractivity contribution in [2.24, 2.45) is 59.2 Å². The Hall–Kier alpha value is -3.24. The molecular weight excluding hydrogens is 528 g/mol. The summed E-state index contributed by atoms with van der Waals surface area (Å²) in [6, 6.07) is 7.30. The van der Waals surface area contributed by atoms with E-state index in [1.807, 2.05) is 12.1 Å². The molecule has 0 amide bonds. The number of benzene rings is 2. The van der Waals surface area contributed by atoms with Crippen molar-refractivity contribution in [2.45, 2.75) is 83.5 Å². The second-order valence-corrected chi connectivity index (χ2v) is 15.9. The SMILES string of the molecule is CC(C)(c1ccc(O)c(N)c1C#CC1C2CC3CC(C2)CC1C3)c1ccc(O)c(N)c1C#CC1C2CC3CC(C2)CC1C3. The molecule has 4 heteroatoms. The zero-order valence-electron chi connectivity index (χ0n) is 25.7. The van der Waals surface area contributed by atoms with E-state index >= 15 is 0 Å². The van der Waals surface area contributed by atoms with Gasteiger partial charge in [-0.25, -0.2) is 0 Å². The van der Waals surface area contributed by atoms with E-state index in [2.05, 4.69) is 37.5 Å². The minimum absolute atomic E-state index is 0.0704. The molecule has 0 atom stereocenters. The zero-order valence-corrected chi connectivity index (χ0v) is 25.7. The van der Waals surface area contributed by atoms with Crippen molar-refractivity contribution < 1.29 is 10.2 Å². The van der Waals surface area contributed by atoms with E-state index < -0.39 is 5.41 Å². The summed E-state index contributed by atoms with van der Waals surface area (Å²) >= 11 is 0. The predicted molar refractivity (Wildman–Crippen MR) is 172 cm³/mol. The summed E-state index contributed by atoms with van der Waals surface area (Å²) in [5.41, 5.74) is 16.6.